The molecule has 3 nitrogen and oxygen atoms in total. The van der Waals surface area contributed by atoms with Gasteiger partial charge in [0.05, 0.1) is 6.61 Å². The summed E-state index contributed by atoms with van der Waals surface area (Å²) in [5.74, 6) is 1.56. The van der Waals surface area contributed by atoms with Crippen LogP contribution in [0.25, 0.3) is 0 Å². The molecule has 1 aromatic carbocycles. The fourth-order valence-electron chi connectivity index (χ4n) is 1.53. The molecule has 1 aromatic rings. The lowest BCUT2D eigenvalue weighted by Crippen LogP contribution is -2.19. The van der Waals surface area contributed by atoms with Crippen molar-refractivity contribution in [2.45, 2.75) is 26.8 Å². The number of hydrogen-bond donors (Lipinski definition) is 2. The minimum Gasteiger partial charge on any atom is -0.493 e. The molecule has 0 aliphatic carbocycles. The molecule has 3 heteroatoms. The van der Waals surface area contributed by atoms with Crippen molar-refractivity contribution >= 4 is 0 Å². The van der Waals surface area contributed by atoms with Gasteiger partial charge in [0.15, 0.2) is 0 Å². The molecule has 0 unspecified atom stereocenters. The zero-order valence-electron chi connectivity index (χ0n) is 10.8. The van der Waals surface area contributed by atoms with Crippen LogP contribution in [0.4, 0.5) is 0 Å². The average Bonchev–Trinajstić information content (AvgIpc) is 2.31. The van der Waals surface area contributed by atoms with E-state index < -0.39 is 0 Å². The molecule has 0 amide bonds. The van der Waals surface area contributed by atoms with E-state index >= 15 is 0 Å². The third-order valence-electron chi connectivity index (χ3n) is 2.40. The Kier molecular flexibility index (Phi) is 6.67. The summed E-state index contributed by atoms with van der Waals surface area (Å²) in [7, 11) is 0. The molecule has 0 fully saturated rings. The van der Waals surface area contributed by atoms with Gasteiger partial charge in [-0.1, -0.05) is 32.0 Å². The first-order chi connectivity index (χ1) is 8.24. The second-order valence-electron chi connectivity index (χ2n) is 4.56. The topological polar surface area (TPSA) is 41.5 Å². The highest BCUT2D eigenvalue weighted by atomic mass is 16.5. The molecule has 0 saturated heterocycles. The van der Waals surface area contributed by atoms with E-state index in [1.807, 2.05) is 18.2 Å². The summed E-state index contributed by atoms with van der Waals surface area (Å²) < 4.78 is 5.64. The minimum absolute atomic E-state index is 0.174. The van der Waals surface area contributed by atoms with Crippen molar-refractivity contribution in [3.63, 3.8) is 0 Å². The van der Waals surface area contributed by atoms with Crippen LogP contribution in [0.5, 0.6) is 5.75 Å². The second-order valence-corrected chi connectivity index (χ2v) is 4.56. The van der Waals surface area contributed by atoms with Crippen LogP contribution in [0.15, 0.2) is 24.3 Å². The molecular weight excluding hydrogens is 214 g/mol. The van der Waals surface area contributed by atoms with Gasteiger partial charge in [0.1, 0.15) is 5.75 Å². The number of hydrogen-bond acceptors (Lipinski definition) is 3. The molecule has 0 atom stereocenters. The lowest BCUT2D eigenvalue weighted by molar-refractivity contribution is 0.232. The average molecular weight is 237 g/mol. The van der Waals surface area contributed by atoms with Crippen molar-refractivity contribution < 1.29 is 9.84 Å². The van der Waals surface area contributed by atoms with Crippen molar-refractivity contribution in [3.05, 3.63) is 29.8 Å². The largest absolute Gasteiger partial charge is 0.493 e. The molecule has 96 valence electrons. The third kappa shape index (κ3) is 5.71. The number of benzene rings is 1. The van der Waals surface area contributed by atoms with E-state index in [9.17, 15) is 0 Å². The molecule has 0 bridgehead atoms. The Morgan fingerprint density at radius 3 is 2.76 bits per heavy atom. The molecular formula is C14H23NO2. The maximum absolute atomic E-state index is 8.72. The highest BCUT2D eigenvalue weighted by Gasteiger charge is 2.02. The maximum Gasteiger partial charge on any atom is 0.123 e. The standard InChI is InChI=1S/C14H23NO2/c1-12(2)10-15-11-13-6-3-4-7-14(13)17-9-5-8-16/h3-4,6-7,12,15-16H,5,8-11H2,1-2H3. The van der Waals surface area contributed by atoms with E-state index in [1.54, 1.807) is 0 Å². The molecule has 0 radical (unpaired) electrons. The van der Waals surface area contributed by atoms with Crippen LogP contribution in [0.2, 0.25) is 0 Å². The van der Waals surface area contributed by atoms with Gasteiger partial charge >= 0.3 is 0 Å². The fraction of sp³-hybridized carbons (Fsp3) is 0.571. The Labute approximate surface area is 104 Å². The second kappa shape index (κ2) is 8.09. The zero-order valence-corrected chi connectivity index (χ0v) is 10.8. The van der Waals surface area contributed by atoms with Gasteiger partial charge in [0.2, 0.25) is 0 Å². The molecule has 0 heterocycles. The molecule has 17 heavy (non-hydrogen) atoms. The van der Waals surface area contributed by atoms with Crippen LogP contribution < -0.4 is 10.1 Å². The first kappa shape index (κ1) is 14.0. The lowest BCUT2D eigenvalue weighted by atomic mass is 10.2. The van der Waals surface area contributed by atoms with Gasteiger partial charge in [-0.05, 0) is 18.5 Å². The fourth-order valence-corrected chi connectivity index (χ4v) is 1.53. The van der Waals surface area contributed by atoms with Crippen LogP contribution in [0.1, 0.15) is 25.8 Å². The van der Waals surface area contributed by atoms with Crippen molar-refractivity contribution in [1.82, 2.24) is 5.32 Å². The SMILES string of the molecule is CC(C)CNCc1ccccc1OCCCO. The van der Waals surface area contributed by atoms with Gasteiger partial charge < -0.3 is 15.2 Å². The van der Waals surface area contributed by atoms with E-state index in [-0.39, 0.29) is 6.61 Å². The van der Waals surface area contributed by atoms with E-state index in [2.05, 4.69) is 25.2 Å². The van der Waals surface area contributed by atoms with E-state index in [1.165, 1.54) is 5.56 Å². The predicted molar refractivity (Wildman–Crippen MR) is 70.2 cm³/mol. The highest BCUT2D eigenvalue weighted by Crippen LogP contribution is 2.17. The highest BCUT2D eigenvalue weighted by molar-refractivity contribution is 5.33. The molecule has 0 spiro atoms. The minimum atomic E-state index is 0.174. The first-order valence-electron chi connectivity index (χ1n) is 6.26. The first-order valence-corrected chi connectivity index (χ1v) is 6.26. The Bertz CT molecular complexity index is 313. The number of ether oxygens (including phenoxy) is 1. The van der Waals surface area contributed by atoms with E-state index in [0.717, 1.165) is 18.8 Å². The van der Waals surface area contributed by atoms with Crippen molar-refractivity contribution in [2.24, 2.45) is 5.92 Å². The van der Waals surface area contributed by atoms with Gasteiger partial charge in [-0.3, -0.25) is 0 Å². The number of rotatable bonds is 8. The van der Waals surface area contributed by atoms with Crippen LogP contribution in [0.3, 0.4) is 0 Å². The number of aliphatic hydroxyl groups excluding tert-OH is 1. The van der Waals surface area contributed by atoms with Crippen LogP contribution in [-0.2, 0) is 6.54 Å². The van der Waals surface area contributed by atoms with Gasteiger partial charge in [0.25, 0.3) is 0 Å². The van der Waals surface area contributed by atoms with Gasteiger partial charge in [-0.25, -0.2) is 0 Å². The third-order valence-corrected chi connectivity index (χ3v) is 2.40. The summed E-state index contributed by atoms with van der Waals surface area (Å²) in [5.41, 5.74) is 1.17. The molecule has 0 saturated carbocycles. The van der Waals surface area contributed by atoms with Crippen LogP contribution in [-0.4, -0.2) is 24.9 Å². The summed E-state index contributed by atoms with van der Waals surface area (Å²) >= 11 is 0. The Hall–Kier alpha value is -1.06. The number of para-hydroxylation sites is 1. The van der Waals surface area contributed by atoms with Crippen LogP contribution in [0, 0.1) is 5.92 Å². The van der Waals surface area contributed by atoms with E-state index in [4.69, 9.17) is 9.84 Å². The summed E-state index contributed by atoms with van der Waals surface area (Å²) in [4.78, 5) is 0. The van der Waals surface area contributed by atoms with Gasteiger partial charge in [-0.2, -0.15) is 0 Å². The maximum atomic E-state index is 8.72. The van der Waals surface area contributed by atoms with Gasteiger partial charge in [-0.15, -0.1) is 0 Å². The predicted octanol–water partition coefficient (Wildman–Crippen LogP) is 2.19. The number of nitrogens with one attached hydrogen (secondary N) is 1. The molecule has 0 aromatic heterocycles. The van der Waals surface area contributed by atoms with Crippen molar-refractivity contribution in [2.75, 3.05) is 19.8 Å². The number of aliphatic hydroxyl groups is 1. The quantitative estimate of drug-likeness (QED) is 0.681. The normalized spacial score (nSPS) is 10.8. The zero-order chi connectivity index (χ0) is 12.5. The van der Waals surface area contributed by atoms with Crippen molar-refractivity contribution in [1.29, 1.82) is 0 Å². The Morgan fingerprint density at radius 1 is 1.29 bits per heavy atom. The summed E-state index contributed by atoms with van der Waals surface area (Å²) in [6.07, 6.45) is 0.674. The monoisotopic (exact) mass is 237 g/mol. The molecule has 1 rings (SSSR count). The molecule has 2 N–H and O–H groups in total. The summed E-state index contributed by atoms with van der Waals surface area (Å²) in [6.45, 7) is 6.96. The summed E-state index contributed by atoms with van der Waals surface area (Å²) in [6, 6.07) is 8.04. The van der Waals surface area contributed by atoms with Crippen molar-refractivity contribution in [3.8, 4) is 5.75 Å². The van der Waals surface area contributed by atoms with E-state index in [0.29, 0.717) is 18.9 Å². The Morgan fingerprint density at radius 2 is 2.06 bits per heavy atom. The Balaban J connectivity index is 2.46. The lowest BCUT2D eigenvalue weighted by Gasteiger charge is -2.12. The molecule has 0 aliphatic heterocycles. The smallest absolute Gasteiger partial charge is 0.123 e. The summed E-state index contributed by atoms with van der Waals surface area (Å²) in [5, 5.41) is 12.1. The van der Waals surface area contributed by atoms with Gasteiger partial charge in [0, 0.05) is 25.1 Å². The van der Waals surface area contributed by atoms with Crippen LogP contribution >= 0.6 is 0 Å². The molecule has 0 aliphatic rings.